The molecular formula is C13H18O. The Morgan fingerprint density at radius 1 is 1.29 bits per heavy atom. The Morgan fingerprint density at radius 2 is 2.14 bits per heavy atom. The van der Waals surface area contributed by atoms with E-state index in [9.17, 15) is 0 Å². The highest BCUT2D eigenvalue weighted by Crippen LogP contribution is 2.30. The zero-order chi connectivity index (χ0) is 9.80. The van der Waals surface area contributed by atoms with Crippen molar-refractivity contribution in [2.75, 3.05) is 0 Å². The van der Waals surface area contributed by atoms with Crippen molar-refractivity contribution in [3.05, 3.63) is 29.8 Å². The van der Waals surface area contributed by atoms with E-state index < -0.39 is 0 Å². The summed E-state index contributed by atoms with van der Waals surface area (Å²) in [6.07, 6.45) is 6.69. The number of hydrogen-bond acceptors (Lipinski definition) is 1. The molecule has 0 radical (unpaired) electrons. The summed E-state index contributed by atoms with van der Waals surface area (Å²) in [4.78, 5) is 0. The molecule has 1 heterocycles. The number of rotatable bonds is 4. The monoisotopic (exact) mass is 190 g/mol. The normalized spacial score (nSPS) is 19.1. The summed E-state index contributed by atoms with van der Waals surface area (Å²) in [6, 6.07) is 8.40. The molecule has 0 saturated heterocycles. The third-order valence-corrected chi connectivity index (χ3v) is 2.84. The van der Waals surface area contributed by atoms with E-state index in [1.807, 2.05) is 6.07 Å². The van der Waals surface area contributed by atoms with Gasteiger partial charge in [-0.25, -0.2) is 0 Å². The lowest BCUT2D eigenvalue weighted by Crippen LogP contribution is -2.12. The van der Waals surface area contributed by atoms with Crippen molar-refractivity contribution >= 4 is 0 Å². The molecule has 1 aromatic carbocycles. The minimum atomic E-state index is 0.443. The fraction of sp³-hybridized carbons (Fsp3) is 0.538. The van der Waals surface area contributed by atoms with Gasteiger partial charge in [-0.15, -0.1) is 0 Å². The molecule has 0 aliphatic carbocycles. The third kappa shape index (κ3) is 2.09. The second kappa shape index (κ2) is 4.50. The van der Waals surface area contributed by atoms with Gasteiger partial charge >= 0.3 is 0 Å². The highest BCUT2D eigenvalue weighted by molar-refractivity contribution is 5.37. The van der Waals surface area contributed by atoms with Gasteiger partial charge in [0.05, 0.1) is 0 Å². The zero-order valence-electron chi connectivity index (χ0n) is 8.83. The van der Waals surface area contributed by atoms with Crippen molar-refractivity contribution in [2.24, 2.45) is 0 Å². The molecular weight excluding hydrogens is 172 g/mol. The quantitative estimate of drug-likeness (QED) is 0.659. The van der Waals surface area contributed by atoms with E-state index in [-0.39, 0.29) is 0 Å². The smallest absolute Gasteiger partial charge is 0.123 e. The number of para-hydroxylation sites is 1. The first-order chi connectivity index (χ1) is 6.90. The maximum atomic E-state index is 5.85. The zero-order valence-corrected chi connectivity index (χ0v) is 8.83. The van der Waals surface area contributed by atoms with Crippen molar-refractivity contribution in [1.29, 1.82) is 0 Å². The summed E-state index contributed by atoms with van der Waals surface area (Å²) < 4.78 is 5.85. The number of benzene rings is 1. The molecule has 1 nitrogen and oxygen atoms in total. The van der Waals surface area contributed by atoms with E-state index in [1.165, 1.54) is 31.2 Å². The fourth-order valence-corrected chi connectivity index (χ4v) is 2.04. The average molecular weight is 190 g/mol. The molecule has 0 spiro atoms. The Bertz CT molecular complexity index is 268. The Kier molecular flexibility index (Phi) is 3.07. The van der Waals surface area contributed by atoms with Crippen LogP contribution in [-0.4, -0.2) is 6.10 Å². The van der Waals surface area contributed by atoms with Crippen molar-refractivity contribution < 1.29 is 4.74 Å². The van der Waals surface area contributed by atoms with E-state index in [0.717, 1.165) is 12.2 Å². The lowest BCUT2D eigenvalue weighted by Gasteiger charge is -2.09. The standard InChI is InChI=1S/C13H18O/c1-2-3-4-8-12-10-11-7-5-6-9-13(11)14-12/h5-7,9,12H,2-4,8,10H2,1H3. The Labute approximate surface area is 86.1 Å². The second-order valence-corrected chi connectivity index (χ2v) is 4.05. The van der Waals surface area contributed by atoms with Crippen LogP contribution in [0.1, 0.15) is 38.2 Å². The first kappa shape index (κ1) is 9.57. The molecule has 0 saturated carbocycles. The van der Waals surface area contributed by atoms with Gasteiger partial charge in [-0.3, -0.25) is 0 Å². The maximum Gasteiger partial charge on any atom is 0.123 e. The molecule has 1 aliphatic rings. The molecule has 0 fully saturated rings. The van der Waals surface area contributed by atoms with Crippen LogP contribution >= 0.6 is 0 Å². The molecule has 0 N–H and O–H groups in total. The van der Waals surface area contributed by atoms with Crippen molar-refractivity contribution in [1.82, 2.24) is 0 Å². The Balaban J connectivity index is 1.86. The number of ether oxygens (including phenoxy) is 1. The van der Waals surface area contributed by atoms with E-state index >= 15 is 0 Å². The van der Waals surface area contributed by atoms with Crippen molar-refractivity contribution in [3.63, 3.8) is 0 Å². The van der Waals surface area contributed by atoms with Crippen LogP contribution in [0.2, 0.25) is 0 Å². The number of hydrogen-bond donors (Lipinski definition) is 0. The van der Waals surface area contributed by atoms with Gasteiger partial charge in [0.15, 0.2) is 0 Å². The van der Waals surface area contributed by atoms with E-state index in [1.54, 1.807) is 0 Å². The summed E-state index contributed by atoms with van der Waals surface area (Å²) in [6.45, 7) is 2.24. The van der Waals surface area contributed by atoms with Crippen LogP contribution in [0.5, 0.6) is 5.75 Å². The van der Waals surface area contributed by atoms with Gasteiger partial charge in [0.2, 0.25) is 0 Å². The van der Waals surface area contributed by atoms with Crippen LogP contribution in [0.25, 0.3) is 0 Å². The number of fused-ring (bicyclic) bond motifs is 1. The third-order valence-electron chi connectivity index (χ3n) is 2.84. The molecule has 0 amide bonds. The largest absolute Gasteiger partial charge is 0.490 e. The van der Waals surface area contributed by atoms with Gasteiger partial charge < -0.3 is 4.74 Å². The molecule has 1 unspecified atom stereocenters. The summed E-state index contributed by atoms with van der Waals surface area (Å²) in [5.74, 6) is 1.11. The van der Waals surface area contributed by atoms with Crippen LogP contribution in [0.15, 0.2) is 24.3 Å². The van der Waals surface area contributed by atoms with E-state index in [0.29, 0.717) is 6.10 Å². The fourth-order valence-electron chi connectivity index (χ4n) is 2.04. The van der Waals surface area contributed by atoms with Gasteiger partial charge in [0, 0.05) is 6.42 Å². The van der Waals surface area contributed by atoms with Crippen LogP contribution in [0.3, 0.4) is 0 Å². The highest BCUT2D eigenvalue weighted by atomic mass is 16.5. The van der Waals surface area contributed by atoms with E-state index in [2.05, 4.69) is 25.1 Å². The first-order valence-corrected chi connectivity index (χ1v) is 5.64. The predicted molar refractivity (Wildman–Crippen MR) is 58.7 cm³/mol. The topological polar surface area (TPSA) is 9.23 Å². The summed E-state index contributed by atoms with van der Waals surface area (Å²) in [5, 5.41) is 0. The lowest BCUT2D eigenvalue weighted by atomic mass is 10.1. The van der Waals surface area contributed by atoms with Crippen LogP contribution in [-0.2, 0) is 6.42 Å². The molecule has 1 aliphatic heterocycles. The number of unbranched alkanes of at least 4 members (excludes halogenated alkanes) is 2. The summed E-state index contributed by atoms with van der Waals surface area (Å²) >= 11 is 0. The average Bonchev–Trinajstić information content (AvgIpc) is 2.60. The Morgan fingerprint density at radius 3 is 2.93 bits per heavy atom. The molecule has 1 heteroatoms. The van der Waals surface area contributed by atoms with Crippen LogP contribution < -0.4 is 4.74 Å². The lowest BCUT2D eigenvalue weighted by molar-refractivity contribution is 0.216. The predicted octanol–water partition coefficient (Wildman–Crippen LogP) is 3.57. The SMILES string of the molecule is CCCCCC1Cc2ccccc2O1. The van der Waals surface area contributed by atoms with Crippen molar-refractivity contribution in [3.8, 4) is 5.75 Å². The van der Waals surface area contributed by atoms with Crippen LogP contribution in [0, 0.1) is 0 Å². The minimum Gasteiger partial charge on any atom is -0.490 e. The van der Waals surface area contributed by atoms with Gasteiger partial charge in [-0.05, 0) is 24.5 Å². The highest BCUT2D eigenvalue weighted by Gasteiger charge is 2.21. The maximum absolute atomic E-state index is 5.85. The molecule has 0 bridgehead atoms. The van der Waals surface area contributed by atoms with Gasteiger partial charge in [0.25, 0.3) is 0 Å². The van der Waals surface area contributed by atoms with E-state index in [4.69, 9.17) is 4.74 Å². The molecule has 0 aromatic heterocycles. The molecule has 1 aromatic rings. The van der Waals surface area contributed by atoms with Crippen molar-refractivity contribution in [2.45, 2.75) is 45.1 Å². The van der Waals surface area contributed by atoms with Gasteiger partial charge in [0.1, 0.15) is 11.9 Å². The summed E-state index contributed by atoms with van der Waals surface area (Å²) in [7, 11) is 0. The molecule has 2 rings (SSSR count). The minimum absolute atomic E-state index is 0.443. The molecule has 1 atom stereocenters. The molecule has 76 valence electrons. The van der Waals surface area contributed by atoms with Gasteiger partial charge in [-0.1, -0.05) is 38.0 Å². The first-order valence-electron chi connectivity index (χ1n) is 5.64. The van der Waals surface area contributed by atoms with Crippen LogP contribution in [0.4, 0.5) is 0 Å². The Hall–Kier alpha value is -0.980. The second-order valence-electron chi connectivity index (χ2n) is 4.05. The summed E-state index contributed by atoms with van der Waals surface area (Å²) in [5.41, 5.74) is 1.38. The van der Waals surface area contributed by atoms with Gasteiger partial charge in [-0.2, -0.15) is 0 Å². The molecule has 14 heavy (non-hydrogen) atoms.